The highest BCUT2D eigenvalue weighted by molar-refractivity contribution is 5.73. The van der Waals surface area contributed by atoms with Crippen LogP contribution in [0.25, 0.3) is 11.0 Å². The standard InChI is InChI=1S/C12H15N3O/c1-8-14-11(16)9-6-5-7-13-10(9)15(8)12(2,3)4/h5-7H,1-4H3. The Morgan fingerprint density at radius 2 is 2.00 bits per heavy atom. The van der Waals surface area contributed by atoms with Gasteiger partial charge in [-0.15, -0.1) is 0 Å². The summed E-state index contributed by atoms with van der Waals surface area (Å²) < 4.78 is 1.99. The molecule has 0 fully saturated rings. The highest BCUT2D eigenvalue weighted by Crippen LogP contribution is 2.19. The minimum Gasteiger partial charge on any atom is -0.309 e. The SMILES string of the molecule is Cc1nc(=O)c2cccnc2n1C(C)(C)C. The molecule has 16 heavy (non-hydrogen) atoms. The number of hydrogen-bond acceptors (Lipinski definition) is 3. The molecule has 4 heteroatoms. The second-order valence-electron chi connectivity index (χ2n) is 4.84. The second kappa shape index (κ2) is 3.40. The molecule has 2 heterocycles. The maximum absolute atomic E-state index is 11.7. The van der Waals surface area contributed by atoms with Crippen LogP contribution in [0.1, 0.15) is 26.6 Å². The monoisotopic (exact) mass is 217 g/mol. The van der Waals surface area contributed by atoms with E-state index in [-0.39, 0.29) is 11.1 Å². The average molecular weight is 217 g/mol. The molecule has 0 radical (unpaired) electrons. The molecule has 0 aliphatic carbocycles. The van der Waals surface area contributed by atoms with Crippen LogP contribution in [0.2, 0.25) is 0 Å². The fourth-order valence-electron chi connectivity index (χ4n) is 1.96. The predicted molar refractivity (Wildman–Crippen MR) is 63.5 cm³/mol. The maximum Gasteiger partial charge on any atom is 0.282 e. The number of nitrogens with zero attached hydrogens (tertiary/aromatic N) is 3. The lowest BCUT2D eigenvalue weighted by Gasteiger charge is -2.26. The van der Waals surface area contributed by atoms with Gasteiger partial charge in [-0.2, -0.15) is 4.98 Å². The van der Waals surface area contributed by atoms with Crippen LogP contribution >= 0.6 is 0 Å². The molecule has 2 aromatic rings. The zero-order chi connectivity index (χ0) is 11.9. The average Bonchev–Trinajstić information content (AvgIpc) is 2.15. The highest BCUT2D eigenvalue weighted by atomic mass is 16.1. The zero-order valence-electron chi connectivity index (χ0n) is 9.98. The summed E-state index contributed by atoms with van der Waals surface area (Å²) in [5.74, 6) is 0.698. The molecule has 0 bridgehead atoms. The maximum atomic E-state index is 11.7. The quantitative estimate of drug-likeness (QED) is 0.676. The Hall–Kier alpha value is -1.71. The molecule has 0 aliphatic heterocycles. The van der Waals surface area contributed by atoms with Gasteiger partial charge in [0.05, 0.1) is 5.39 Å². The molecule has 0 amide bonds. The van der Waals surface area contributed by atoms with E-state index in [1.807, 2.05) is 11.5 Å². The molecule has 0 spiro atoms. The first-order valence-electron chi connectivity index (χ1n) is 5.26. The van der Waals surface area contributed by atoms with Crippen molar-refractivity contribution in [3.8, 4) is 0 Å². The van der Waals surface area contributed by atoms with Gasteiger partial charge in [-0.05, 0) is 39.8 Å². The number of aryl methyl sites for hydroxylation is 1. The number of aromatic nitrogens is 3. The predicted octanol–water partition coefficient (Wildman–Crippen LogP) is 1.85. The van der Waals surface area contributed by atoms with Gasteiger partial charge in [-0.25, -0.2) is 4.98 Å². The number of pyridine rings is 1. The lowest BCUT2D eigenvalue weighted by Crippen LogP contribution is -2.29. The third kappa shape index (κ3) is 1.60. The van der Waals surface area contributed by atoms with Crippen molar-refractivity contribution >= 4 is 11.0 Å². The molecule has 0 aliphatic rings. The van der Waals surface area contributed by atoms with E-state index >= 15 is 0 Å². The van der Waals surface area contributed by atoms with Crippen molar-refractivity contribution in [2.24, 2.45) is 0 Å². The van der Waals surface area contributed by atoms with Gasteiger partial charge >= 0.3 is 0 Å². The molecule has 4 nitrogen and oxygen atoms in total. The van der Waals surface area contributed by atoms with Crippen LogP contribution in [0.15, 0.2) is 23.1 Å². The van der Waals surface area contributed by atoms with Crippen LogP contribution in [0.4, 0.5) is 0 Å². The lowest BCUT2D eigenvalue weighted by molar-refractivity contribution is 0.391. The first kappa shape index (κ1) is 10.8. The van der Waals surface area contributed by atoms with Gasteiger partial charge in [0.2, 0.25) is 0 Å². The van der Waals surface area contributed by atoms with Gasteiger partial charge in [0, 0.05) is 11.7 Å². The van der Waals surface area contributed by atoms with Crippen molar-refractivity contribution in [3.05, 3.63) is 34.5 Å². The van der Waals surface area contributed by atoms with Gasteiger partial charge < -0.3 is 4.57 Å². The van der Waals surface area contributed by atoms with Crippen molar-refractivity contribution in [2.45, 2.75) is 33.2 Å². The highest BCUT2D eigenvalue weighted by Gasteiger charge is 2.19. The number of fused-ring (bicyclic) bond motifs is 1. The second-order valence-corrected chi connectivity index (χ2v) is 4.84. The Morgan fingerprint density at radius 1 is 1.31 bits per heavy atom. The van der Waals surface area contributed by atoms with Gasteiger partial charge in [-0.1, -0.05) is 0 Å². The van der Waals surface area contributed by atoms with Gasteiger partial charge in [0.1, 0.15) is 11.5 Å². The van der Waals surface area contributed by atoms with Crippen LogP contribution in [-0.2, 0) is 5.54 Å². The normalized spacial score (nSPS) is 12.0. The molecule has 2 rings (SSSR count). The fourth-order valence-corrected chi connectivity index (χ4v) is 1.96. The molecular weight excluding hydrogens is 202 g/mol. The minimum absolute atomic E-state index is 0.141. The Bertz CT molecular complexity index is 593. The summed E-state index contributed by atoms with van der Waals surface area (Å²) in [6.07, 6.45) is 1.70. The minimum atomic E-state index is -0.207. The first-order valence-corrected chi connectivity index (χ1v) is 5.26. The first-order chi connectivity index (χ1) is 7.41. The smallest absolute Gasteiger partial charge is 0.282 e. The van der Waals surface area contributed by atoms with Crippen LogP contribution in [-0.4, -0.2) is 14.5 Å². The van der Waals surface area contributed by atoms with Crippen molar-refractivity contribution in [3.63, 3.8) is 0 Å². The molecule has 0 saturated heterocycles. The van der Waals surface area contributed by atoms with Crippen LogP contribution < -0.4 is 5.56 Å². The molecular formula is C12H15N3O. The van der Waals surface area contributed by atoms with E-state index in [9.17, 15) is 4.79 Å². The third-order valence-electron chi connectivity index (χ3n) is 2.49. The van der Waals surface area contributed by atoms with Gasteiger partial charge in [0.25, 0.3) is 5.56 Å². The molecule has 0 unspecified atom stereocenters. The number of rotatable bonds is 0. The summed E-state index contributed by atoms with van der Waals surface area (Å²) in [7, 11) is 0. The van der Waals surface area contributed by atoms with E-state index in [1.54, 1.807) is 18.3 Å². The largest absolute Gasteiger partial charge is 0.309 e. The van der Waals surface area contributed by atoms with E-state index in [2.05, 4.69) is 30.7 Å². The Kier molecular flexibility index (Phi) is 2.30. The van der Waals surface area contributed by atoms with E-state index in [0.29, 0.717) is 16.9 Å². The van der Waals surface area contributed by atoms with Gasteiger partial charge in [0.15, 0.2) is 0 Å². The molecule has 0 aromatic carbocycles. The molecule has 0 atom stereocenters. The molecule has 0 N–H and O–H groups in total. The summed E-state index contributed by atoms with van der Waals surface area (Å²) in [5.41, 5.74) is 0.353. The Balaban J connectivity index is 2.99. The molecule has 84 valence electrons. The Labute approximate surface area is 94.0 Å². The molecule has 2 aromatic heterocycles. The van der Waals surface area contributed by atoms with Crippen molar-refractivity contribution in [1.29, 1.82) is 0 Å². The summed E-state index contributed by atoms with van der Waals surface area (Å²) in [6, 6.07) is 3.52. The number of hydrogen-bond donors (Lipinski definition) is 0. The van der Waals surface area contributed by atoms with Crippen LogP contribution in [0, 0.1) is 6.92 Å². The summed E-state index contributed by atoms with van der Waals surface area (Å²) >= 11 is 0. The van der Waals surface area contributed by atoms with Crippen LogP contribution in [0.3, 0.4) is 0 Å². The summed E-state index contributed by atoms with van der Waals surface area (Å²) in [4.78, 5) is 20.0. The fraction of sp³-hybridized carbons (Fsp3) is 0.417. The summed E-state index contributed by atoms with van der Waals surface area (Å²) in [6.45, 7) is 8.04. The van der Waals surface area contributed by atoms with Crippen molar-refractivity contribution in [1.82, 2.24) is 14.5 Å². The van der Waals surface area contributed by atoms with E-state index < -0.39 is 0 Å². The topological polar surface area (TPSA) is 47.8 Å². The molecule has 0 saturated carbocycles. The van der Waals surface area contributed by atoms with E-state index in [1.165, 1.54) is 0 Å². The van der Waals surface area contributed by atoms with Gasteiger partial charge in [-0.3, -0.25) is 4.79 Å². The Morgan fingerprint density at radius 3 is 2.62 bits per heavy atom. The van der Waals surface area contributed by atoms with E-state index in [4.69, 9.17) is 0 Å². The zero-order valence-corrected chi connectivity index (χ0v) is 9.98. The lowest BCUT2D eigenvalue weighted by atomic mass is 10.1. The third-order valence-corrected chi connectivity index (χ3v) is 2.49. The van der Waals surface area contributed by atoms with Crippen molar-refractivity contribution in [2.75, 3.05) is 0 Å². The summed E-state index contributed by atoms with van der Waals surface area (Å²) in [5, 5.41) is 0.572. The van der Waals surface area contributed by atoms with E-state index in [0.717, 1.165) is 0 Å². The van der Waals surface area contributed by atoms with Crippen molar-refractivity contribution < 1.29 is 0 Å². The van der Waals surface area contributed by atoms with Crippen LogP contribution in [0.5, 0.6) is 0 Å².